The van der Waals surface area contributed by atoms with E-state index < -0.39 is 12.0 Å². The zero-order valence-electron chi connectivity index (χ0n) is 15.2. The van der Waals surface area contributed by atoms with E-state index >= 15 is 0 Å². The van der Waals surface area contributed by atoms with Gasteiger partial charge < -0.3 is 20.1 Å². The lowest BCUT2D eigenvalue weighted by atomic mass is 9.76. The van der Waals surface area contributed by atoms with Crippen molar-refractivity contribution in [1.82, 2.24) is 10.2 Å². The molecule has 4 rings (SSSR count). The second kappa shape index (κ2) is 6.58. The molecule has 1 aliphatic carbocycles. The minimum Gasteiger partial charge on any atom is -0.496 e. The highest BCUT2D eigenvalue weighted by atomic mass is 16.5. The maximum atomic E-state index is 13.1. The van der Waals surface area contributed by atoms with Crippen molar-refractivity contribution in [3.05, 3.63) is 28.8 Å². The van der Waals surface area contributed by atoms with E-state index in [-0.39, 0.29) is 11.3 Å². The van der Waals surface area contributed by atoms with Crippen molar-refractivity contribution in [3.8, 4) is 5.75 Å². The van der Waals surface area contributed by atoms with Crippen LogP contribution in [0, 0.1) is 5.41 Å². The molecule has 2 heterocycles. The number of hydrogen-bond donors (Lipinski definition) is 2. The number of nitrogens with zero attached hydrogens (tertiary/aromatic N) is 1. The van der Waals surface area contributed by atoms with E-state index in [2.05, 4.69) is 5.32 Å². The zero-order chi connectivity index (χ0) is 18.3. The number of carbonyl (C=O) groups excluding carboxylic acids is 1. The summed E-state index contributed by atoms with van der Waals surface area (Å²) < 4.78 is 5.49. The van der Waals surface area contributed by atoms with Gasteiger partial charge in [0, 0.05) is 19.6 Å². The third-order valence-electron chi connectivity index (χ3n) is 6.41. The summed E-state index contributed by atoms with van der Waals surface area (Å²) in [7, 11) is 1.62. The molecule has 6 nitrogen and oxygen atoms in total. The molecular formula is C20H26N2O4. The van der Waals surface area contributed by atoms with Crippen molar-refractivity contribution >= 4 is 11.9 Å². The number of methoxy groups -OCH3 is 1. The van der Waals surface area contributed by atoms with Crippen molar-refractivity contribution in [1.29, 1.82) is 0 Å². The first-order chi connectivity index (χ1) is 12.5. The normalized spacial score (nSPS) is 23.9. The smallest absolute Gasteiger partial charge is 0.320 e. The Morgan fingerprint density at radius 2 is 1.92 bits per heavy atom. The van der Waals surface area contributed by atoms with E-state index in [0.717, 1.165) is 38.6 Å². The van der Waals surface area contributed by atoms with Gasteiger partial charge in [0.25, 0.3) is 5.91 Å². The number of carboxylic acids is 1. The SMILES string of the molecule is COc1cc2c(cc1C(=O)N1CCC3(CC1)CN[C@H](C(=O)O)C3)CCC2. The molecule has 1 aromatic carbocycles. The molecule has 0 saturated carbocycles. The molecule has 1 amide bonds. The van der Waals surface area contributed by atoms with E-state index in [4.69, 9.17) is 4.74 Å². The maximum absolute atomic E-state index is 13.1. The average Bonchev–Trinajstić information content (AvgIpc) is 3.27. The number of aliphatic carboxylic acids is 1. The number of benzene rings is 1. The second-order valence-corrected chi connectivity index (χ2v) is 7.94. The minimum atomic E-state index is -0.775. The van der Waals surface area contributed by atoms with Crippen molar-refractivity contribution in [2.24, 2.45) is 5.41 Å². The van der Waals surface area contributed by atoms with Crippen LogP contribution in [0.25, 0.3) is 0 Å². The van der Waals surface area contributed by atoms with Crippen LogP contribution in [0.2, 0.25) is 0 Å². The lowest BCUT2D eigenvalue weighted by molar-refractivity contribution is -0.139. The minimum absolute atomic E-state index is 0.0157. The Balaban J connectivity index is 1.47. The Labute approximate surface area is 153 Å². The molecule has 2 aliphatic heterocycles. The highest BCUT2D eigenvalue weighted by molar-refractivity contribution is 5.97. The van der Waals surface area contributed by atoms with Crippen LogP contribution in [0.15, 0.2) is 12.1 Å². The van der Waals surface area contributed by atoms with Gasteiger partial charge in [-0.25, -0.2) is 0 Å². The number of carboxylic acid groups (broad SMARTS) is 1. The van der Waals surface area contributed by atoms with Gasteiger partial charge in [0.15, 0.2) is 0 Å². The molecule has 1 spiro atoms. The van der Waals surface area contributed by atoms with Gasteiger partial charge in [-0.15, -0.1) is 0 Å². The second-order valence-electron chi connectivity index (χ2n) is 7.94. The zero-order valence-corrected chi connectivity index (χ0v) is 15.2. The van der Waals surface area contributed by atoms with Crippen LogP contribution in [-0.4, -0.2) is 54.7 Å². The number of fused-ring (bicyclic) bond motifs is 1. The number of hydrogen-bond acceptors (Lipinski definition) is 4. The van der Waals surface area contributed by atoms with Gasteiger partial charge in [0.05, 0.1) is 12.7 Å². The number of nitrogens with one attached hydrogen (secondary N) is 1. The molecule has 3 aliphatic rings. The fourth-order valence-corrected chi connectivity index (χ4v) is 4.76. The largest absolute Gasteiger partial charge is 0.496 e. The fraction of sp³-hybridized carbons (Fsp3) is 0.600. The van der Waals surface area contributed by atoms with Gasteiger partial charge >= 0.3 is 5.97 Å². The number of amides is 1. The van der Waals surface area contributed by atoms with Crippen LogP contribution in [-0.2, 0) is 17.6 Å². The van der Waals surface area contributed by atoms with Crippen LogP contribution in [0.5, 0.6) is 5.75 Å². The summed E-state index contributed by atoms with van der Waals surface area (Å²) in [6.07, 6.45) is 5.59. The molecule has 0 unspecified atom stereocenters. The Kier molecular flexibility index (Phi) is 4.39. The summed E-state index contributed by atoms with van der Waals surface area (Å²) in [6.45, 7) is 2.08. The van der Waals surface area contributed by atoms with Crippen molar-refractivity contribution in [2.45, 2.75) is 44.6 Å². The monoisotopic (exact) mass is 358 g/mol. The van der Waals surface area contributed by atoms with Crippen LogP contribution < -0.4 is 10.1 Å². The molecule has 2 N–H and O–H groups in total. The summed E-state index contributed by atoms with van der Waals surface area (Å²) in [5, 5.41) is 12.3. The number of ether oxygens (including phenoxy) is 1. The molecule has 0 aromatic heterocycles. The number of piperidine rings is 1. The summed E-state index contributed by atoms with van der Waals surface area (Å²) in [5.41, 5.74) is 3.25. The van der Waals surface area contributed by atoms with Gasteiger partial charge in [-0.1, -0.05) is 0 Å². The standard InChI is InChI=1S/C20H26N2O4/c1-26-17-10-14-4-2-3-13(14)9-15(17)18(23)22-7-5-20(6-8-22)11-16(19(24)25)21-12-20/h9-10,16,21H,2-8,11-12H2,1H3,(H,24,25)/t16-/m0/s1. The summed E-state index contributed by atoms with van der Waals surface area (Å²) in [5.74, 6) is -0.0696. The van der Waals surface area contributed by atoms with Crippen LogP contribution in [0.4, 0.5) is 0 Å². The Hall–Kier alpha value is -2.08. The van der Waals surface area contributed by atoms with Crippen molar-refractivity contribution in [2.75, 3.05) is 26.7 Å². The van der Waals surface area contributed by atoms with E-state index in [1.165, 1.54) is 11.1 Å². The molecule has 2 fully saturated rings. The summed E-state index contributed by atoms with van der Waals surface area (Å²) >= 11 is 0. The molecular weight excluding hydrogens is 332 g/mol. The maximum Gasteiger partial charge on any atom is 0.320 e. The van der Waals surface area contributed by atoms with Gasteiger partial charge in [-0.05, 0) is 67.2 Å². The number of likely N-dealkylation sites (tertiary alicyclic amines) is 1. The predicted molar refractivity (Wildman–Crippen MR) is 96.6 cm³/mol. The molecule has 0 bridgehead atoms. The summed E-state index contributed by atoms with van der Waals surface area (Å²) in [4.78, 5) is 26.2. The highest BCUT2D eigenvalue weighted by Gasteiger charge is 2.44. The molecule has 140 valence electrons. The molecule has 0 radical (unpaired) electrons. The molecule has 1 atom stereocenters. The van der Waals surface area contributed by atoms with Crippen LogP contribution in [0.3, 0.4) is 0 Å². The van der Waals surface area contributed by atoms with E-state index in [0.29, 0.717) is 30.8 Å². The molecule has 26 heavy (non-hydrogen) atoms. The lowest BCUT2D eigenvalue weighted by Crippen LogP contribution is -2.44. The quantitative estimate of drug-likeness (QED) is 0.862. The first-order valence-corrected chi connectivity index (χ1v) is 9.47. The first kappa shape index (κ1) is 17.3. The Morgan fingerprint density at radius 1 is 1.23 bits per heavy atom. The van der Waals surface area contributed by atoms with Crippen molar-refractivity contribution in [3.63, 3.8) is 0 Å². The first-order valence-electron chi connectivity index (χ1n) is 9.47. The molecule has 1 aromatic rings. The number of aryl methyl sites for hydroxylation is 2. The van der Waals surface area contributed by atoms with Gasteiger partial charge in [0.2, 0.25) is 0 Å². The van der Waals surface area contributed by atoms with Gasteiger partial charge in [-0.2, -0.15) is 0 Å². The highest BCUT2D eigenvalue weighted by Crippen LogP contribution is 2.40. The van der Waals surface area contributed by atoms with Crippen LogP contribution in [0.1, 0.15) is 47.2 Å². The van der Waals surface area contributed by atoms with E-state index in [9.17, 15) is 14.7 Å². The molecule has 2 saturated heterocycles. The Bertz CT molecular complexity index is 738. The van der Waals surface area contributed by atoms with Crippen molar-refractivity contribution < 1.29 is 19.4 Å². The van der Waals surface area contributed by atoms with Gasteiger partial charge in [0.1, 0.15) is 11.8 Å². The number of carbonyl (C=O) groups is 2. The van der Waals surface area contributed by atoms with E-state index in [1.54, 1.807) is 7.11 Å². The fourth-order valence-electron chi connectivity index (χ4n) is 4.76. The third-order valence-corrected chi connectivity index (χ3v) is 6.41. The average molecular weight is 358 g/mol. The van der Waals surface area contributed by atoms with Crippen LogP contribution >= 0.6 is 0 Å². The lowest BCUT2D eigenvalue weighted by Gasteiger charge is -2.39. The topological polar surface area (TPSA) is 78.9 Å². The number of rotatable bonds is 3. The third kappa shape index (κ3) is 2.96. The molecule has 6 heteroatoms. The van der Waals surface area contributed by atoms with Gasteiger partial charge in [-0.3, -0.25) is 9.59 Å². The van der Waals surface area contributed by atoms with E-state index in [1.807, 2.05) is 17.0 Å². The summed E-state index contributed by atoms with van der Waals surface area (Å²) in [6, 6.07) is 3.60. The Morgan fingerprint density at radius 3 is 2.54 bits per heavy atom. The predicted octanol–water partition coefficient (Wildman–Crippen LogP) is 1.85.